The molecule has 192 valence electrons. The third-order valence-corrected chi connectivity index (χ3v) is 10.9. The Hall–Kier alpha value is -2.98. The predicted molar refractivity (Wildman–Crippen MR) is 160 cm³/mol. The lowest BCUT2D eigenvalue weighted by Gasteiger charge is -2.54. The molecule has 0 fully saturated rings. The summed E-state index contributed by atoms with van der Waals surface area (Å²) in [5.74, 6) is -0.921. The number of rotatable bonds is 4. The molecule has 2 aliphatic rings. The monoisotopic (exact) mass is 518 g/mol. The average molecular weight is 519 g/mol. The Balaban J connectivity index is 1.68. The van der Waals surface area contributed by atoms with Crippen molar-refractivity contribution in [3.8, 4) is 21.6 Å². The molecule has 0 N–H and O–H groups in total. The molecule has 0 amide bonds. The maximum Gasteiger partial charge on any atom is 0.205 e. The van der Waals surface area contributed by atoms with Crippen LogP contribution in [0.1, 0.15) is 62.8 Å². The SMILES string of the molecule is CCC1(CC)c2c(ccc3ccccc23)-c2ccc3c(c2C1(OC)OC)C(C)(C)c1c-3sc2ccccc12. The highest BCUT2D eigenvalue weighted by atomic mass is 32.1. The molecule has 0 saturated carbocycles. The van der Waals surface area contributed by atoms with Crippen molar-refractivity contribution in [2.75, 3.05) is 14.2 Å². The highest BCUT2D eigenvalue weighted by Gasteiger charge is 2.60. The minimum absolute atomic E-state index is 0.195. The molecule has 0 spiro atoms. The van der Waals surface area contributed by atoms with Gasteiger partial charge in [-0.25, -0.2) is 0 Å². The van der Waals surface area contributed by atoms with Crippen molar-refractivity contribution in [3.63, 3.8) is 0 Å². The first-order chi connectivity index (χ1) is 18.4. The van der Waals surface area contributed by atoms with Gasteiger partial charge in [-0.3, -0.25) is 0 Å². The molecule has 0 radical (unpaired) electrons. The molecule has 0 aliphatic heterocycles. The summed E-state index contributed by atoms with van der Waals surface area (Å²) in [5, 5.41) is 3.92. The largest absolute Gasteiger partial charge is 0.348 e. The maximum atomic E-state index is 6.72. The number of benzene rings is 4. The summed E-state index contributed by atoms with van der Waals surface area (Å²) >= 11 is 1.91. The van der Waals surface area contributed by atoms with Crippen LogP contribution in [-0.4, -0.2) is 14.2 Å². The van der Waals surface area contributed by atoms with Crippen molar-refractivity contribution < 1.29 is 9.47 Å². The van der Waals surface area contributed by atoms with Crippen molar-refractivity contribution in [2.24, 2.45) is 0 Å². The summed E-state index contributed by atoms with van der Waals surface area (Å²) in [4.78, 5) is 1.39. The van der Waals surface area contributed by atoms with Crippen molar-refractivity contribution in [2.45, 2.75) is 57.2 Å². The molecule has 1 heterocycles. The van der Waals surface area contributed by atoms with Gasteiger partial charge in [-0.1, -0.05) is 94.4 Å². The van der Waals surface area contributed by atoms with Crippen LogP contribution in [0.4, 0.5) is 0 Å². The number of fused-ring (bicyclic) bond motifs is 11. The Kier molecular flexibility index (Phi) is 5.08. The van der Waals surface area contributed by atoms with Crippen molar-refractivity contribution in [1.82, 2.24) is 0 Å². The van der Waals surface area contributed by atoms with Gasteiger partial charge in [-0.2, -0.15) is 0 Å². The summed E-state index contributed by atoms with van der Waals surface area (Å²) in [6.07, 6.45) is 1.81. The summed E-state index contributed by atoms with van der Waals surface area (Å²) < 4.78 is 14.8. The van der Waals surface area contributed by atoms with Gasteiger partial charge in [0, 0.05) is 34.8 Å². The number of hydrogen-bond donors (Lipinski definition) is 0. The van der Waals surface area contributed by atoms with E-state index in [9.17, 15) is 0 Å². The second-order valence-electron chi connectivity index (χ2n) is 11.4. The number of ether oxygens (including phenoxy) is 2. The maximum absolute atomic E-state index is 6.72. The first-order valence-electron chi connectivity index (χ1n) is 13.7. The van der Waals surface area contributed by atoms with Gasteiger partial charge in [0.2, 0.25) is 5.79 Å². The molecule has 3 heteroatoms. The van der Waals surface area contributed by atoms with Gasteiger partial charge in [0.15, 0.2) is 0 Å². The Morgan fingerprint density at radius 2 is 1.24 bits per heavy atom. The van der Waals surface area contributed by atoms with Gasteiger partial charge in [0.1, 0.15) is 0 Å². The fraction of sp³-hybridized carbons (Fsp3) is 0.314. The summed E-state index contributed by atoms with van der Waals surface area (Å²) in [6, 6.07) is 26.9. The quantitative estimate of drug-likeness (QED) is 0.221. The van der Waals surface area contributed by atoms with Crippen LogP contribution in [0.3, 0.4) is 0 Å². The molecule has 0 saturated heterocycles. The number of hydrogen-bond acceptors (Lipinski definition) is 3. The van der Waals surface area contributed by atoms with Crippen molar-refractivity contribution >= 4 is 32.2 Å². The Morgan fingerprint density at radius 3 is 1.95 bits per heavy atom. The molecule has 4 aromatic carbocycles. The van der Waals surface area contributed by atoms with E-state index in [1.54, 1.807) is 0 Å². The van der Waals surface area contributed by atoms with Gasteiger partial charge >= 0.3 is 0 Å². The molecular weight excluding hydrogens is 484 g/mol. The zero-order valence-corrected chi connectivity index (χ0v) is 23.9. The second kappa shape index (κ2) is 8.02. The molecule has 7 rings (SSSR count). The molecule has 1 aromatic heterocycles. The van der Waals surface area contributed by atoms with E-state index in [4.69, 9.17) is 9.47 Å². The van der Waals surface area contributed by atoms with E-state index in [1.807, 2.05) is 25.6 Å². The van der Waals surface area contributed by atoms with Crippen LogP contribution < -0.4 is 0 Å². The van der Waals surface area contributed by atoms with Crippen LogP contribution >= 0.6 is 11.3 Å². The molecule has 0 bridgehead atoms. The van der Waals surface area contributed by atoms with Crippen LogP contribution in [-0.2, 0) is 26.1 Å². The van der Waals surface area contributed by atoms with Crippen LogP contribution in [0.2, 0.25) is 0 Å². The van der Waals surface area contributed by atoms with Gasteiger partial charge in [0.25, 0.3) is 0 Å². The van der Waals surface area contributed by atoms with Crippen LogP contribution in [0.5, 0.6) is 0 Å². The van der Waals surface area contributed by atoms with Crippen molar-refractivity contribution in [3.05, 3.63) is 95.1 Å². The van der Waals surface area contributed by atoms with E-state index in [0.29, 0.717) is 0 Å². The van der Waals surface area contributed by atoms with Crippen LogP contribution in [0.25, 0.3) is 42.4 Å². The highest BCUT2D eigenvalue weighted by Crippen LogP contribution is 2.65. The van der Waals surface area contributed by atoms with Gasteiger partial charge < -0.3 is 9.47 Å². The molecule has 0 unspecified atom stereocenters. The van der Waals surface area contributed by atoms with Crippen LogP contribution in [0.15, 0.2) is 72.8 Å². The second-order valence-corrected chi connectivity index (χ2v) is 12.4. The topological polar surface area (TPSA) is 18.5 Å². The van der Waals surface area contributed by atoms with E-state index in [-0.39, 0.29) is 10.8 Å². The number of methoxy groups -OCH3 is 2. The van der Waals surface area contributed by atoms with E-state index in [1.165, 1.54) is 64.7 Å². The van der Waals surface area contributed by atoms with Crippen molar-refractivity contribution in [1.29, 1.82) is 0 Å². The standard InChI is InChI=1S/C35H34O2S/c1-7-34(8-2)28-22-14-10-9-13-21(22)17-18-23(28)24-19-20-26-29(30(24)35(34,36-5)37-6)33(3,4)31-25-15-11-12-16-27(25)38-32(26)31/h9-20H,7-8H2,1-6H3. The van der Waals surface area contributed by atoms with E-state index < -0.39 is 5.79 Å². The zero-order valence-electron chi connectivity index (χ0n) is 23.1. The minimum Gasteiger partial charge on any atom is -0.348 e. The fourth-order valence-corrected chi connectivity index (χ4v) is 9.54. The Labute approximate surface area is 229 Å². The van der Waals surface area contributed by atoms with Gasteiger partial charge in [0.05, 0.1) is 5.41 Å². The summed E-state index contributed by atoms with van der Waals surface area (Å²) in [5.41, 5.74) is 8.68. The lowest BCUT2D eigenvalue weighted by Crippen LogP contribution is -2.55. The predicted octanol–water partition coefficient (Wildman–Crippen LogP) is 9.54. The lowest BCUT2D eigenvalue weighted by atomic mass is 9.57. The summed E-state index contributed by atoms with van der Waals surface area (Å²) in [6.45, 7) is 9.38. The summed E-state index contributed by atoms with van der Waals surface area (Å²) in [7, 11) is 3.69. The number of thiophene rings is 1. The van der Waals surface area contributed by atoms with Gasteiger partial charge in [-0.05, 0) is 68.4 Å². The van der Waals surface area contributed by atoms with Crippen LogP contribution in [0, 0.1) is 0 Å². The lowest BCUT2D eigenvalue weighted by molar-refractivity contribution is -0.265. The first kappa shape index (κ1) is 24.1. The molecule has 0 atom stereocenters. The van der Waals surface area contributed by atoms with E-state index >= 15 is 0 Å². The molecule has 5 aromatic rings. The molecule has 2 nitrogen and oxygen atoms in total. The third-order valence-electron chi connectivity index (χ3n) is 9.73. The fourth-order valence-electron chi connectivity index (χ4n) is 8.15. The molecular formula is C35H34O2S. The zero-order chi connectivity index (χ0) is 26.4. The Morgan fingerprint density at radius 1 is 0.632 bits per heavy atom. The normalized spacial score (nSPS) is 17.7. The molecule has 2 aliphatic carbocycles. The van der Waals surface area contributed by atoms with E-state index in [2.05, 4.69) is 100 Å². The average Bonchev–Trinajstić information content (AvgIpc) is 3.45. The Bertz CT molecular complexity index is 1750. The first-order valence-corrected chi connectivity index (χ1v) is 14.5. The third kappa shape index (κ3) is 2.60. The minimum atomic E-state index is -0.921. The smallest absolute Gasteiger partial charge is 0.205 e. The molecule has 38 heavy (non-hydrogen) atoms. The van der Waals surface area contributed by atoms with Gasteiger partial charge in [-0.15, -0.1) is 11.3 Å². The highest BCUT2D eigenvalue weighted by molar-refractivity contribution is 7.22. The van der Waals surface area contributed by atoms with E-state index in [0.717, 1.165) is 12.8 Å².